The summed E-state index contributed by atoms with van der Waals surface area (Å²) in [5.74, 6) is 0. The van der Waals surface area contributed by atoms with E-state index in [9.17, 15) is 10.2 Å². The molecule has 23 heavy (non-hydrogen) atoms. The quantitative estimate of drug-likeness (QED) is 0.572. The minimum atomic E-state index is -0.110. The number of rotatable bonds is 6. The van der Waals surface area contributed by atoms with E-state index in [0.29, 0.717) is 0 Å². The predicted molar refractivity (Wildman–Crippen MR) is 106 cm³/mol. The van der Waals surface area contributed by atoms with Gasteiger partial charge in [0, 0.05) is 26.7 Å². The summed E-state index contributed by atoms with van der Waals surface area (Å²) in [7, 11) is 0. The van der Waals surface area contributed by atoms with Gasteiger partial charge in [-0.2, -0.15) is 0 Å². The summed E-state index contributed by atoms with van der Waals surface area (Å²) in [4.78, 5) is 0. The van der Waals surface area contributed by atoms with Crippen LogP contribution in [0.4, 0.5) is 0 Å². The molecule has 0 bridgehead atoms. The van der Waals surface area contributed by atoms with Gasteiger partial charge in [0.25, 0.3) is 0 Å². The minimum Gasteiger partial charge on any atom is -0.396 e. The Hall–Kier alpha value is -0.430. The monoisotopic (exact) mass is 486 g/mol. The maximum atomic E-state index is 9.41. The molecule has 0 heterocycles. The molecule has 0 radical (unpaired) electrons. The first-order chi connectivity index (χ1) is 11.1. The van der Waals surface area contributed by atoms with Crippen LogP contribution < -0.4 is 0 Å². The summed E-state index contributed by atoms with van der Waals surface area (Å²) >= 11 is 5.98. The van der Waals surface area contributed by atoms with Gasteiger partial charge in [0.2, 0.25) is 0 Å². The first-order valence-corrected chi connectivity index (χ1v) is 9.82. The highest BCUT2D eigenvalue weighted by Gasteiger charge is 2.42. The minimum absolute atomic E-state index is 0.110. The molecule has 0 atom stereocenters. The Balaban J connectivity index is 2.23. The van der Waals surface area contributed by atoms with Gasteiger partial charge in [-0.3, -0.25) is 0 Å². The number of hydrogen-bond acceptors (Lipinski definition) is 2. The van der Waals surface area contributed by atoms with Crippen molar-refractivity contribution >= 4 is 38.5 Å². The fraction of sp³-hybridized carbons (Fsp3) is 0.368. The van der Waals surface area contributed by atoms with Crippen LogP contribution in [0.1, 0.15) is 36.8 Å². The van der Waals surface area contributed by atoms with E-state index in [2.05, 4.69) is 74.9 Å². The molecule has 0 unspecified atom stereocenters. The molecular weight excluding hydrogens is 467 g/mol. The lowest BCUT2D eigenvalue weighted by Gasteiger charge is -2.32. The lowest BCUT2D eigenvalue weighted by atomic mass is 9.71. The van der Waals surface area contributed by atoms with Gasteiger partial charge in [-0.25, -0.2) is 0 Å². The third kappa shape index (κ3) is 3.11. The second-order valence-corrected chi connectivity index (χ2v) is 8.28. The number of halogens is 2. The molecule has 3 rings (SSSR count). The lowest BCUT2D eigenvalue weighted by Crippen LogP contribution is -2.26. The van der Waals surface area contributed by atoms with Gasteiger partial charge < -0.3 is 10.2 Å². The van der Waals surface area contributed by atoms with Crippen LogP contribution in [0.25, 0.3) is 11.1 Å². The molecule has 1 aliphatic carbocycles. The Labute approximate surface area is 159 Å². The molecule has 0 aliphatic heterocycles. The van der Waals surface area contributed by atoms with Crippen molar-refractivity contribution in [2.24, 2.45) is 0 Å². The van der Waals surface area contributed by atoms with Crippen LogP contribution in [0.2, 0.25) is 0 Å². The summed E-state index contributed by atoms with van der Waals surface area (Å²) in [5, 5.41) is 18.8. The Kier molecular flexibility index (Phi) is 5.46. The van der Waals surface area contributed by atoms with Crippen LogP contribution in [0.3, 0.4) is 0 Å². The number of aliphatic hydroxyl groups is 2. The zero-order chi connectivity index (χ0) is 16.4. The van der Waals surface area contributed by atoms with Gasteiger partial charge in [0.1, 0.15) is 0 Å². The summed E-state index contributed by atoms with van der Waals surface area (Å²) < 4.78 is 2.31. The Morgan fingerprint density at radius 1 is 0.870 bits per heavy atom. The van der Waals surface area contributed by atoms with E-state index in [0.717, 1.165) is 30.2 Å². The molecule has 2 aromatic rings. The van der Waals surface area contributed by atoms with Gasteiger partial charge in [-0.05, 0) is 94.8 Å². The third-order valence-electron chi connectivity index (χ3n) is 4.81. The normalized spacial score (nSPS) is 14.6. The van der Waals surface area contributed by atoms with Crippen LogP contribution in [0.5, 0.6) is 0 Å². The molecule has 2 N–H and O–H groups in total. The highest BCUT2D eigenvalue weighted by Crippen LogP contribution is 2.54. The fourth-order valence-electron chi connectivity index (χ4n) is 3.86. The second-order valence-electron chi connectivity index (χ2n) is 6.12. The smallest absolute Gasteiger partial charge is 0.0431 e. The van der Waals surface area contributed by atoms with E-state index >= 15 is 0 Å². The summed E-state index contributed by atoms with van der Waals surface area (Å²) in [6.07, 6.45) is 3.34. The van der Waals surface area contributed by atoms with Crippen LogP contribution in [-0.2, 0) is 5.41 Å². The maximum Gasteiger partial charge on any atom is 0.0431 e. The molecule has 2 aromatic carbocycles. The van der Waals surface area contributed by atoms with Crippen molar-refractivity contribution in [3.8, 4) is 11.1 Å². The number of aliphatic hydroxyl groups excluding tert-OH is 2. The number of fused-ring (bicyclic) bond motifs is 3. The Morgan fingerprint density at radius 3 is 2.04 bits per heavy atom. The summed E-state index contributed by atoms with van der Waals surface area (Å²) in [6, 6.07) is 13.1. The molecule has 2 nitrogen and oxygen atoms in total. The van der Waals surface area contributed by atoms with Crippen molar-refractivity contribution in [1.29, 1.82) is 0 Å². The van der Waals surface area contributed by atoms with Crippen molar-refractivity contribution in [3.63, 3.8) is 0 Å². The van der Waals surface area contributed by atoms with Gasteiger partial charge in [0.15, 0.2) is 0 Å². The first-order valence-electron chi connectivity index (χ1n) is 7.94. The highest BCUT2D eigenvalue weighted by atomic mass is 127. The molecule has 4 heteroatoms. The first kappa shape index (κ1) is 17.4. The van der Waals surface area contributed by atoms with E-state index in [-0.39, 0.29) is 18.6 Å². The Bertz CT molecular complexity index is 653. The standard InChI is InChI=1S/C19H20BrIO2/c20-13-3-5-15-16-6-4-14(21)12-18(16)19(7-1-9-22,8-2-10-23)17(15)11-13/h3-6,11-12,22-23H,1-2,7-10H2. The van der Waals surface area contributed by atoms with Gasteiger partial charge in [-0.1, -0.05) is 28.1 Å². The fourth-order valence-corrected chi connectivity index (χ4v) is 4.72. The van der Waals surface area contributed by atoms with E-state index in [1.165, 1.54) is 25.8 Å². The van der Waals surface area contributed by atoms with Crippen LogP contribution in [0.15, 0.2) is 40.9 Å². The lowest BCUT2D eigenvalue weighted by molar-refractivity contribution is 0.247. The Morgan fingerprint density at radius 2 is 1.43 bits per heavy atom. The molecule has 0 saturated heterocycles. The van der Waals surface area contributed by atoms with E-state index in [1.807, 2.05) is 0 Å². The van der Waals surface area contributed by atoms with Crippen molar-refractivity contribution in [1.82, 2.24) is 0 Å². The van der Waals surface area contributed by atoms with E-state index < -0.39 is 0 Å². The maximum absolute atomic E-state index is 9.41. The van der Waals surface area contributed by atoms with Crippen molar-refractivity contribution < 1.29 is 10.2 Å². The van der Waals surface area contributed by atoms with Crippen LogP contribution in [0, 0.1) is 3.57 Å². The molecule has 0 spiro atoms. The highest BCUT2D eigenvalue weighted by molar-refractivity contribution is 14.1. The topological polar surface area (TPSA) is 40.5 Å². The molecule has 122 valence electrons. The number of hydrogen-bond donors (Lipinski definition) is 2. The molecule has 0 fully saturated rings. The zero-order valence-corrected chi connectivity index (χ0v) is 16.6. The SMILES string of the molecule is OCCCC1(CCCO)c2cc(Br)ccc2-c2ccc(I)cc21. The predicted octanol–water partition coefficient (Wildman–Crippen LogP) is 4.87. The van der Waals surface area contributed by atoms with Crippen molar-refractivity contribution in [3.05, 3.63) is 55.6 Å². The summed E-state index contributed by atoms with van der Waals surface area (Å²) in [5.41, 5.74) is 5.14. The van der Waals surface area contributed by atoms with Gasteiger partial charge in [0.05, 0.1) is 0 Å². The van der Waals surface area contributed by atoms with E-state index in [1.54, 1.807) is 0 Å². The van der Waals surface area contributed by atoms with E-state index in [4.69, 9.17) is 0 Å². The molecule has 1 aliphatic rings. The molecule has 0 saturated carbocycles. The van der Waals surface area contributed by atoms with Crippen LogP contribution in [-0.4, -0.2) is 23.4 Å². The van der Waals surface area contributed by atoms with Gasteiger partial charge in [-0.15, -0.1) is 0 Å². The average Bonchev–Trinajstić information content (AvgIpc) is 2.80. The average molecular weight is 487 g/mol. The van der Waals surface area contributed by atoms with Crippen LogP contribution >= 0.6 is 38.5 Å². The van der Waals surface area contributed by atoms with Crippen molar-refractivity contribution in [2.75, 3.05) is 13.2 Å². The second kappa shape index (κ2) is 7.21. The molecule has 0 aromatic heterocycles. The molecule has 0 amide bonds. The number of benzene rings is 2. The largest absolute Gasteiger partial charge is 0.396 e. The zero-order valence-electron chi connectivity index (χ0n) is 12.9. The van der Waals surface area contributed by atoms with Crippen molar-refractivity contribution in [2.45, 2.75) is 31.1 Å². The summed E-state index contributed by atoms with van der Waals surface area (Å²) in [6.45, 7) is 0.396. The molecular formula is C19H20BrIO2. The third-order valence-corrected chi connectivity index (χ3v) is 5.97. The van der Waals surface area contributed by atoms with Gasteiger partial charge >= 0.3 is 0 Å².